The third kappa shape index (κ3) is 6.71. The van der Waals surface area contributed by atoms with E-state index in [2.05, 4.69) is 17.2 Å². The summed E-state index contributed by atoms with van der Waals surface area (Å²) in [6.07, 6.45) is 2.97. The van der Waals surface area contributed by atoms with Gasteiger partial charge in [0.1, 0.15) is 17.9 Å². The van der Waals surface area contributed by atoms with E-state index in [1.807, 2.05) is 0 Å². The molecule has 17 nitrogen and oxygen atoms in total. The quantitative estimate of drug-likeness (QED) is 0.0680. The Balaban J connectivity index is 1.04. The van der Waals surface area contributed by atoms with Gasteiger partial charge >= 0.3 is 11.9 Å². The largest absolute Gasteiger partial charge is 0.504 e. The number of oxime groups is 1. The molecule has 2 bridgehead atoms. The van der Waals surface area contributed by atoms with Crippen LogP contribution in [0.15, 0.2) is 33.9 Å². The second-order valence-electron chi connectivity index (χ2n) is 15.5. The number of fused-ring (bicyclic) bond motifs is 4. The van der Waals surface area contributed by atoms with E-state index in [4.69, 9.17) is 10.6 Å². The number of carbonyl (C=O) groups is 6. The molecule has 2 amide bonds. The van der Waals surface area contributed by atoms with Gasteiger partial charge in [-0.15, -0.1) is 23.1 Å². The molecule has 5 aliphatic heterocycles. The number of phenolic OH excluding ortho intramolecular Hbond substituents is 2. The summed E-state index contributed by atoms with van der Waals surface area (Å²) >= 11 is 2.43. The normalized spacial score (nSPS) is 27.8. The first-order chi connectivity index (χ1) is 25.9. The molecule has 292 valence electrons. The summed E-state index contributed by atoms with van der Waals surface area (Å²) in [5.41, 5.74) is 4.49. The first-order valence-electron chi connectivity index (χ1n) is 17.8. The topological polar surface area (TPSA) is 250 Å². The average Bonchev–Trinajstić information content (AvgIpc) is 3.58. The number of aromatic nitrogens is 1. The molecule has 6 N–H and O–H groups in total. The number of nitrogen functional groups attached to an aromatic ring is 1. The summed E-state index contributed by atoms with van der Waals surface area (Å²) in [6, 6.07) is 2.56. The van der Waals surface area contributed by atoms with Crippen molar-refractivity contribution in [3.8, 4) is 11.5 Å². The minimum absolute atomic E-state index is 0.0614. The maximum atomic E-state index is 13.7. The van der Waals surface area contributed by atoms with Gasteiger partial charge in [0.15, 0.2) is 33.9 Å². The third-order valence-electron chi connectivity index (χ3n) is 11.7. The molecule has 5 aliphatic rings. The van der Waals surface area contributed by atoms with E-state index >= 15 is 0 Å². The molecular weight excluding hydrogens is 757 g/mol. The molecule has 0 saturated carbocycles. The molecular formula is C36H41N6O11S2+. The maximum absolute atomic E-state index is 13.7. The summed E-state index contributed by atoms with van der Waals surface area (Å²) < 4.78 is 0.587. The Bertz CT molecular complexity index is 2080. The zero-order chi connectivity index (χ0) is 39.7. The molecule has 2 aromatic rings. The standard InChI is InChI=1S/C36H40N6O11S2/c1-36(2,34(51)52)53-39-28(23-15-55-35(37)38-23)26(45)10-22-31(48)41-29(33(49)50)17(14-54-32(22)41)13-42(3)18-4-5-19(42)7-16(6-18)11-40-12-27(46)20-8-24(43)25(44)9-21(20)30(40)47/h8-9,15-16,18-19,22,32H,4-7,10-14H2,1-3H3,(H5-,37,38,39,43,44,45,46,47,49,50,51,52)/p+1/t16?,18-,19+,22-,32-,42?/m1/s1. The lowest BCUT2D eigenvalue weighted by atomic mass is 9.86. The second-order valence-corrected chi connectivity index (χ2v) is 17.5. The van der Waals surface area contributed by atoms with Crippen molar-refractivity contribution in [1.29, 1.82) is 0 Å². The number of phenols is 2. The van der Waals surface area contributed by atoms with Gasteiger partial charge in [0.05, 0.1) is 42.5 Å². The summed E-state index contributed by atoms with van der Waals surface area (Å²) in [5, 5.41) is 44.6. The number of piperidine rings is 1. The second kappa shape index (κ2) is 13.9. The Morgan fingerprint density at radius 3 is 2.33 bits per heavy atom. The molecule has 55 heavy (non-hydrogen) atoms. The van der Waals surface area contributed by atoms with E-state index in [9.17, 15) is 49.2 Å². The molecule has 1 aromatic carbocycles. The van der Waals surface area contributed by atoms with Crippen LogP contribution in [0.5, 0.6) is 11.5 Å². The fourth-order valence-electron chi connectivity index (χ4n) is 8.69. The number of carbonyl (C=O) groups excluding carboxylic acids is 4. The monoisotopic (exact) mass is 797 g/mol. The van der Waals surface area contributed by atoms with Crippen molar-refractivity contribution in [2.45, 2.75) is 69.0 Å². The number of nitrogens with two attached hydrogens (primary N) is 1. The Morgan fingerprint density at radius 1 is 1.07 bits per heavy atom. The lowest BCUT2D eigenvalue weighted by Crippen LogP contribution is -2.64. The van der Waals surface area contributed by atoms with Crippen molar-refractivity contribution < 1.29 is 58.5 Å². The third-order valence-corrected chi connectivity index (χ3v) is 13.7. The van der Waals surface area contributed by atoms with Gasteiger partial charge in [-0.3, -0.25) is 24.1 Å². The van der Waals surface area contributed by atoms with Gasteiger partial charge in [-0.2, -0.15) is 0 Å². The number of quaternary nitrogens is 1. The number of carboxylic acid groups (broad SMARTS) is 2. The number of carboxylic acids is 2. The molecule has 6 heterocycles. The Morgan fingerprint density at radius 2 is 1.73 bits per heavy atom. The van der Waals surface area contributed by atoms with E-state index in [0.717, 1.165) is 49.2 Å². The van der Waals surface area contributed by atoms with Crippen molar-refractivity contribution in [3.63, 3.8) is 0 Å². The van der Waals surface area contributed by atoms with Crippen LogP contribution in [0.2, 0.25) is 0 Å². The van der Waals surface area contributed by atoms with Gasteiger partial charge in [0.2, 0.25) is 11.5 Å². The number of aromatic hydroxyl groups is 2. The van der Waals surface area contributed by atoms with Crippen LogP contribution in [0.4, 0.5) is 5.13 Å². The summed E-state index contributed by atoms with van der Waals surface area (Å²) in [6.45, 7) is 3.16. The number of anilines is 1. The van der Waals surface area contributed by atoms with Crippen LogP contribution in [0.1, 0.15) is 72.4 Å². The van der Waals surface area contributed by atoms with Gasteiger partial charge in [-0.1, -0.05) is 5.16 Å². The minimum atomic E-state index is -1.77. The molecule has 3 saturated heterocycles. The lowest BCUT2D eigenvalue weighted by molar-refractivity contribution is -0.945. The van der Waals surface area contributed by atoms with Crippen LogP contribution in [-0.2, 0) is 24.0 Å². The zero-order valence-electron chi connectivity index (χ0n) is 30.3. The number of thioether (sulfide) groups is 1. The van der Waals surface area contributed by atoms with E-state index in [1.54, 1.807) is 0 Å². The fourth-order valence-corrected chi connectivity index (χ4v) is 10.6. The summed E-state index contributed by atoms with van der Waals surface area (Å²) in [4.78, 5) is 89.9. The molecule has 1 aromatic heterocycles. The van der Waals surface area contributed by atoms with Crippen LogP contribution in [0.3, 0.4) is 0 Å². The highest BCUT2D eigenvalue weighted by molar-refractivity contribution is 8.00. The smallest absolute Gasteiger partial charge is 0.352 e. The van der Waals surface area contributed by atoms with Crippen molar-refractivity contribution in [3.05, 3.63) is 45.6 Å². The number of aliphatic carboxylic acids is 2. The number of ketones is 2. The molecule has 6 atom stereocenters. The Kier molecular flexibility index (Phi) is 9.69. The van der Waals surface area contributed by atoms with Gasteiger partial charge in [0, 0.05) is 60.9 Å². The Hall–Kier alpha value is -5.01. The molecule has 0 radical (unpaired) electrons. The summed E-state index contributed by atoms with van der Waals surface area (Å²) in [7, 11) is 2.11. The first kappa shape index (κ1) is 38.3. The molecule has 2 unspecified atom stereocenters. The van der Waals surface area contributed by atoms with Gasteiger partial charge in [0.25, 0.3) is 5.91 Å². The number of thiazole rings is 1. The molecule has 3 fully saturated rings. The van der Waals surface area contributed by atoms with Crippen LogP contribution < -0.4 is 5.73 Å². The highest BCUT2D eigenvalue weighted by Crippen LogP contribution is 2.49. The van der Waals surface area contributed by atoms with Gasteiger partial charge < -0.3 is 40.4 Å². The fraction of sp³-hybridized carbons (Fsp3) is 0.500. The van der Waals surface area contributed by atoms with Crippen LogP contribution >= 0.6 is 23.1 Å². The molecule has 7 rings (SSSR count). The van der Waals surface area contributed by atoms with Crippen molar-refractivity contribution in [2.24, 2.45) is 17.0 Å². The highest BCUT2D eigenvalue weighted by atomic mass is 32.2. The highest BCUT2D eigenvalue weighted by Gasteiger charge is 2.57. The maximum Gasteiger partial charge on any atom is 0.352 e. The van der Waals surface area contributed by atoms with E-state index < -0.39 is 52.0 Å². The van der Waals surface area contributed by atoms with Crippen molar-refractivity contribution in [2.75, 3.05) is 38.2 Å². The number of amides is 2. The van der Waals surface area contributed by atoms with E-state index in [-0.39, 0.29) is 76.0 Å². The number of Topliss-reactive ketones (excluding diaryl/α,β-unsaturated/α-hetero) is 2. The van der Waals surface area contributed by atoms with E-state index in [1.165, 1.54) is 40.8 Å². The average molecular weight is 798 g/mol. The van der Waals surface area contributed by atoms with Crippen molar-refractivity contribution in [1.82, 2.24) is 14.8 Å². The van der Waals surface area contributed by atoms with E-state index in [0.29, 0.717) is 28.9 Å². The van der Waals surface area contributed by atoms with Crippen LogP contribution in [0.25, 0.3) is 0 Å². The number of likely N-dealkylation sites (N-methyl/N-ethyl adjacent to an activating group) is 1. The number of nitrogens with zero attached hydrogens (tertiary/aromatic N) is 5. The van der Waals surface area contributed by atoms with Gasteiger partial charge in [-0.05, 0) is 31.9 Å². The number of β-lactam (4-membered cyclic amide) rings is 1. The SMILES string of the molecule is CC(C)(O/N=C(\C(=O)C[C@@H]1C(=O)N2C(C(=O)O)=C(C[N+]3(C)[C@@H]4CC[C@H]3CC(CN3CC(=O)c5cc(O)c(O)cc5C3=O)C4)CS[C@H]12)c1csc(N)n1)C(=O)O. The first-order valence-corrected chi connectivity index (χ1v) is 19.7. The molecule has 0 aliphatic carbocycles. The zero-order valence-corrected chi connectivity index (χ0v) is 31.9. The van der Waals surface area contributed by atoms with Gasteiger partial charge in [-0.25, -0.2) is 14.6 Å². The number of rotatable bonds is 12. The van der Waals surface area contributed by atoms with Crippen LogP contribution in [-0.4, -0.2) is 136 Å². The van der Waals surface area contributed by atoms with Crippen molar-refractivity contribution >= 4 is 69.3 Å². The number of benzene rings is 1. The lowest BCUT2D eigenvalue weighted by Gasteiger charge is -2.52. The predicted molar refractivity (Wildman–Crippen MR) is 197 cm³/mol. The van der Waals surface area contributed by atoms with Crippen LogP contribution in [0, 0.1) is 11.8 Å². The molecule has 0 spiro atoms. The Labute approximate surface area is 323 Å². The predicted octanol–water partition coefficient (Wildman–Crippen LogP) is 2.28. The molecule has 19 heteroatoms. The summed E-state index contributed by atoms with van der Waals surface area (Å²) in [5.74, 6) is -5.74. The number of hydrogen-bond donors (Lipinski definition) is 5. The number of hydrogen-bond acceptors (Lipinski definition) is 14. The minimum Gasteiger partial charge on any atom is -0.504 e.